The van der Waals surface area contributed by atoms with Crippen molar-refractivity contribution in [2.45, 2.75) is 64.6 Å². The van der Waals surface area contributed by atoms with Gasteiger partial charge in [-0.15, -0.1) is 0 Å². The molecule has 2 nitrogen and oxygen atoms in total. The van der Waals surface area contributed by atoms with Gasteiger partial charge in [0.1, 0.15) is 0 Å². The maximum atomic E-state index is 3.59. The SMILES string of the molecule is CCC(CNC(C)C)N1CC2CCC1C2. The summed E-state index contributed by atoms with van der Waals surface area (Å²) >= 11 is 0. The second-order valence-electron chi connectivity index (χ2n) is 5.65. The van der Waals surface area contributed by atoms with Gasteiger partial charge < -0.3 is 5.32 Å². The average molecular weight is 210 g/mol. The standard InChI is InChI=1S/C13H26N2/c1-4-12(8-14-10(2)3)15-9-11-5-6-13(15)7-11/h10-14H,4-9H2,1-3H3. The fourth-order valence-electron chi connectivity index (χ4n) is 3.28. The predicted octanol–water partition coefficient (Wildman–Crippen LogP) is 2.25. The molecule has 88 valence electrons. The first-order valence-corrected chi connectivity index (χ1v) is 6.69. The molecule has 15 heavy (non-hydrogen) atoms. The van der Waals surface area contributed by atoms with Crippen LogP contribution in [0.1, 0.15) is 46.5 Å². The van der Waals surface area contributed by atoms with Gasteiger partial charge in [0.25, 0.3) is 0 Å². The van der Waals surface area contributed by atoms with E-state index >= 15 is 0 Å². The Kier molecular flexibility index (Phi) is 3.68. The quantitative estimate of drug-likeness (QED) is 0.749. The van der Waals surface area contributed by atoms with Gasteiger partial charge in [-0.2, -0.15) is 0 Å². The topological polar surface area (TPSA) is 15.3 Å². The normalized spacial score (nSPS) is 32.8. The van der Waals surface area contributed by atoms with E-state index in [1.54, 1.807) is 0 Å². The summed E-state index contributed by atoms with van der Waals surface area (Å²) in [6, 6.07) is 2.33. The van der Waals surface area contributed by atoms with Gasteiger partial charge in [-0.1, -0.05) is 20.8 Å². The Labute approximate surface area is 94.4 Å². The molecule has 0 spiro atoms. The van der Waals surface area contributed by atoms with Crippen molar-refractivity contribution >= 4 is 0 Å². The molecule has 1 N–H and O–H groups in total. The van der Waals surface area contributed by atoms with Crippen molar-refractivity contribution in [3.8, 4) is 0 Å². The summed E-state index contributed by atoms with van der Waals surface area (Å²) in [6.07, 6.45) is 5.74. The molecule has 1 saturated carbocycles. The zero-order valence-electron chi connectivity index (χ0n) is 10.5. The van der Waals surface area contributed by atoms with Gasteiger partial charge in [-0.3, -0.25) is 4.90 Å². The molecule has 1 aliphatic heterocycles. The van der Waals surface area contributed by atoms with Gasteiger partial charge >= 0.3 is 0 Å². The number of likely N-dealkylation sites (tertiary alicyclic amines) is 1. The highest BCUT2D eigenvalue weighted by Gasteiger charge is 2.40. The van der Waals surface area contributed by atoms with E-state index in [0.29, 0.717) is 6.04 Å². The van der Waals surface area contributed by atoms with Crippen molar-refractivity contribution < 1.29 is 0 Å². The van der Waals surface area contributed by atoms with Crippen LogP contribution in [-0.2, 0) is 0 Å². The lowest BCUT2D eigenvalue weighted by Gasteiger charge is -2.35. The van der Waals surface area contributed by atoms with Crippen molar-refractivity contribution in [1.82, 2.24) is 10.2 Å². The molecule has 2 rings (SSSR count). The second-order valence-corrected chi connectivity index (χ2v) is 5.65. The van der Waals surface area contributed by atoms with Gasteiger partial charge in [-0.25, -0.2) is 0 Å². The van der Waals surface area contributed by atoms with Crippen LogP contribution in [0.15, 0.2) is 0 Å². The lowest BCUT2D eigenvalue weighted by Crippen LogP contribution is -2.47. The monoisotopic (exact) mass is 210 g/mol. The van der Waals surface area contributed by atoms with E-state index in [0.717, 1.165) is 18.0 Å². The molecular weight excluding hydrogens is 184 g/mol. The van der Waals surface area contributed by atoms with Crippen LogP contribution < -0.4 is 5.32 Å². The first kappa shape index (κ1) is 11.4. The highest BCUT2D eigenvalue weighted by molar-refractivity contribution is 4.95. The molecule has 2 aliphatic rings. The highest BCUT2D eigenvalue weighted by atomic mass is 15.2. The molecule has 1 aliphatic carbocycles. The average Bonchev–Trinajstić information content (AvgIpc) is 2.79. The van der Waals surface area contributed by atoms with Gasteiger partial charge in [0.2, 0.25) is 0 Å². The minimum atomic E-state index is 0.624. The molecule has 0 aromatic carbocycles. The number of hydrogen-bond acceptors (Lipinski definition) is 2. The van der Waals surface area contributed by atoms with Crippen molar-refractivity contribution in [1.29, 1.82) is 0 Å². The summed E-state index contributed by atoms with van der Waals surface area (Å²) in [6.45, 7) is 9.37. The molecule has 2 fully saturated rings. The van der Waals surface area contributed by atoms with E-state index in [2.05, 4.69) is 31.0 Å². The molecular formula is C13H26N2. The Hall–Kier alpha value is -0.0800. The summed E-state index contributed by atoms with van der Waals surface area (Å²) in [4.78, 5) is 2.78. The Morgan fingerprint density at radius 2 is 2.13 bits per heavy atom. The van der Waals surface area contributed by atoms with Crippen molar-refractivity contribution in [3.05, 3.63) is 0 Å². The summed E-state index contributed by atoms with van der Waals surface area (Å²) < 4.78 is 0. The number of nitrogens with zero attached hydrogens (tertiary/aromatic N) is 1. The van der Waals surface area contributed by atoms with Gasteiger partial charge in [0.05, 0.1) is 0 Å². The van der Waals surface area contributed by atoms with Crippen LogP contribution in [0, 0.1) is 5.92 Å². The molecule has 2 bridgehead atoms. The van der Waals surface area contributed by atoms with Crippen LogP contribution in [0.4, 0.5) is 0 Å². The molecule has 0 aromatic heterocycles. The van der Waals surface area contributed by atoms with Crippen molar-refractivity contribution in [2.75, 3.05) is 13.1 Å². The number of rotatable bonds is 5. The third-order valence-corrected chi connectivity index (χ3v) is 4.15. The van der Waals surface area contributed by atoms with E-state index in [1.807, 2.05) is 0 Å². The van der Waals surface area contributed by atoms with E-state index in [-0.39, 0.29) is 0 Å². The summed E-state index contributed by atoms with van der Waals surface area (Å²) in [5.41, 5.74) is 0. The highest BCUT2D eigenvalue weighted by Crippen LogP contribution is 2.38. The van der Waals surface area contributed by atoms with Crippen LogP contribution in [0.3, 0.4) is 0 Å². The molecule has 0 aromatic rings. The van der Waals surface area contributed by atoms with Gasteiger partial charge in [-0.05, 0) is 31.6 Å². The molecule has 3 atom stereocenters. The Morgan fingerprint density at radius 1 is 1.33 bits per heavy atom. The molecule has 1 heterocycles. The molecule has 0 amide bonds. The first-order chi connectivity index (χ1) is 7.20. The fraction of sp³-hybridized carbons (Fsp3) is 1.00. The minimum absolute atomic E-state index is 0.624. The number of fused-ring (bicyclic) bond motifs is 2. The first-order valence-electron chi connectivity index (χ1n) is 6.69. The van der Waals surface area contributed by atoms with Crippen molar-refractivity contribution in [2.24, 2.45) is 5.92 Å². The summed E-state index contributed by atoms with van der Waals surface area (Å²) in [7, 11) is 0. The smallest absolute Gasteiger partial charge is 0.0221 e. The zero-order valence-corrected chi connectivity index (χ0v) is 10.5. The number of hydrogen-bond donors (Lipinski definition) is 1. The van der Waals surface area contributed by atoms with Gasteiger partial charge in [0, 0.05) is 31.2 Å². The second kappa shape index (κ2) is 4.84. The minimum Gasteiger partial charge on any atom is -0.313 e. The van der Waals surface area contributed by atoms with Gasteiger partial charge in [0.15, 0.2) is 0 Å². The Morgan fingerprint density at radius 3 is 2.60 bits per heavy atom. The number of nitrogens with one attached hydrogen (secondary N) is 1. The largest absolute Gasteiger partial charge is 0.313 e. The lowest BCUT2D eigenvalue weighted by molar-refractivity contribution is 0.140. The van der Waals surface area contributed by atoms with Crippen molar-refractivity contribution in [3.63, 3.8) is 0 Å². The van der Waals surface area contributed by atoms with Crippen LogP contribution in [0.5, 0.6) is 0 Å². The predicted molar refractivity (Wildman–Crippen MR) is 65.1 cm³/mol. The van der Waals surface area contributed by atoms with Crippen LogP contribution in [-0.4, -0.2) is 36.1 Å². The third kappa shape index (κ3) is 2.54. The maximum Gasteiger partial charge on any atom is 0.0221 e. The van der Waals surface area contributed by atoms with Crippen LogP contribution in [0.2, 0.25) is 0 Å². The van der Waals surface area contributed by atoms with E-state index in [4.69, 9.17) is 0 Å². The van der Waals surface area contributed by atoms with Crippen LogP contribution in [0.25, 0.3) is 0 Å². The fourth-order valence-corrected chi connectivity index (χ4v) is 3.28. The summed E-state index contributed by atoms with van der Waals surface area (Å²) in [5.74, 6) is 1.03. The molecule has 1 saturated heterocycles. The van der Waals surface area contributed by atoms with E-state index < -0.39 is 0 Å². The number of piperidine rings is 1. The van der Waals surface area contributed by atoms with E-state index in [1.165, 1.54) is 38.8 Å². The molecule has 0 radical (unpaired) electrons. The summed E-state index contributed by atoms with van der Waals surface area (Å²) in [5, 5.41) is 3.59. The lowest BCUT2D eigenvalue weighted by atomic mass is 10.1. The Balaban J connectivity index is 1.84. The Bertz CT molecular complexity index is 203. The van der Waals surface area contributed by atoms with E-state index in [9.17, 15) is 0 Å². The molecule has 2 heteroatoms. The zero-order chi connectivity index (χ0) is 10.8. The third-order valence-electron chi connectivity index (χ3n) is 4.15. The maximum absolute atomic E-state index is 3.59. The van der Waals surface area contributed by atoms with Crippen LogP contribution >= 0.6 is 0 Å². The molecule has 3 unspecified atom stereocenters.